The normalized spacial score (nSPS) is 18.2. The lowest BCUT2D eigenvalue weighted by Gasteiger charge is -2.32. The number of halogens is 1. The number of rotatable bonds is 4. The highest BCUT2D eigenvalue weighted by Gasteiger charge is 2.26. The molecular weight excluding hydrogens is 283 g/mol. The summed E-state index contributed by atoms with van der Waals surface area (Å²) in [6.45, 7) is 6.59. The first-order chi connectivity index (χ1) is 10.4. The van der Waals surface area contributed by atoms with Gasteiger partial charge in [-0.25, -0.2) is 4.39 Å². The number of benzene rings is 1. The molecule has 1 aromatic heterocycles. The molecule has 0 atom stereocenters. The van der Waals surface area contributed by atoms with Gasteiger partial charge in [-0.05, 0) is 58.3 Å². The van der Waals surface area contributed by atoms with Gasteiger partial charge in [0.05, 0.1) is 5.60 Å². The van der Waals surface area contributed by atoms with Gasteiger partial charge in [-0.15, -0.1) is 0 Å². The van der Waals surface area contributed by atoms with E-state index >= 15 is 0 Å². The quantitative estimate of drug-likeness (QED) is 0.941. The smallest absolute Gasteiger partial charge is 0.147 e. The molecule has 1 fully saturated rings. The molecule has 2 aromatic rings. The summed E-state index contributed by atoms with van der Waals surface area (Å²) >= 11 is 0. The maximum absolute atomic E-state index is 13.2. The zero-order valence-electron chi connectivity index (χ0n) is 13.2. The van der Waals surface area contributed by atoms with Gasteiger partial charge >= 0.3 is 0 Å². The van der Waals surface area contributed by atoms with Crippen molar-refractivity contribution in [3.05, 3.63) is 29.8 Å². The lowest BCUT2D eigenvalue weighted by Crippen LogP contribution is -2.36. The maximum Gasteiger partial charge on any atom is 0.147 e. The molecule has 0 unspecified atom stereocenters. The van der Waals surface area contributed by atoms with Crippen molar-refractivity contribution < 1.29 is 14.0 Å². The van der Waals surface area contributed by atoms with Gasteiger partial charge in [0, 0.05) is 23.9 Å². The highest BCUT2D eigenvalue weighted by Crippen LogP contribution is 2.33. The number of nitrogens with zero attached hydrogens (tertiary/aromatic N) is 2. The fourth-order valence-electron chi connectivity index (χ4n) is 3.08. The van der Waals surface area contributed by atoms with Gasteiger partial charge in [0.1, 0.15) is 17.1 Å². The van der Waals surface area contributed by atoms with E-state index in [1.807, 2.05) is 13.8 Å². The van der Waals surface area contributed by atoms with Gasteiger partial charge in [-0.1, -0.05) is 5.16 Å². The van der Waals surface area contributed by atoms with E-state index in [0.29, 0.717) is 11.4 Å². The van der Waals surface area contributed by atoms with Crippen molar-refractivity contribution in [1.82, 2.24) is 10.1 Å². The second-order valence-corrected chi connectivity index (χ2v) is 6.89. The van der Waals surface area contributed by atoms with Crippen molar-refractivity contribution >= 4 is 10.9 Å². The van der Waals surface area contributed by atoms with E-state index in [9.17, 15) is 9.50 Å². The molecule has 1 aliphatic rings. The molecule has 1 aliphatic heterocycles. The van der Waals surface area contributed by atoms with Crippen LogP contribution >= 0.6 is 0 Å². The van der Waals surface area contributed by atoms with Crippen LogP contribution in [0.2, 0.25) is 0 Å². The van der Waals surface area contributed by atoms with Crippen molar-refractivity contribution in [2.24, 2.45) is 0 Å². The van der Waals surface area contributed by atoms with E-state index < -0.39 is 5.60 Å². The standard InChI is InChI=1S/C17H23FN2O2/c1-17(2,21)7-10-20-8-5-12(6-9-20)16-14-4-3-13(18)11-15(14)19-22-16/h3-4,11-12,21H,5-10H2,1-2H3. The molecule has 0 radical (unpaired) electrons. The van der Waals surface area contributed by atoms with Crippen LogP contribution in [0.25, 0.3) is 10.9 Å². The highest BCUT2D eigenvalue weighted by molar-refractivity contribution is 5.80. The van der Waals surface area contributed by atoms with Crippen LogP contribution in [-0.2, 0) is 0 Å². The fraction of sp³-hybridized carbons (Fsp3) is 0.588. The summed E-state index contributed by atoms with van der Waals surface area (Å²) in [6, 6.07) is 4.64. The largest absolute Gasteiger partial charge is 0.390 e. The lowest BCUT2D eigenvalue weighted by atomic mass is 9.92. The van der Waals surface area contributed by atoms with Crippen LogP contribution in [0.4, 0.5) is 4.39 Å². The molecule has 1 aromatic carbocycles. The van der Waals surface area contributed by atoms with Crippen molar-refractivity contribution in [2.45, 2.75) is 44.6 Å². The third-order valence-corrected chi connectivity index (χ3v) is 4.47. The fourth-order valence-corrected chi connectivity index (χ4v) is 3.08. The predicted molar refractivity (Wildman–Crippen MR) is 83.3 cm³/mol. The molecule has 2 heterocycles. The zero-order valence-corrected chi connectivity index (χ0v) is 13.2. The molecule has 0 amide bonds. The van der Waals surface area contributed by atoms with Gasteiger partial charge in [0.25, 0.3) is 0 Å². The summed E-state index contributed by atoms with van der Waals surface area (Å²) in [4.78, 5) is 2.38. The highest BCUT2D eigenvalue weighted by atomic mass is 19.1. The topological polar surface area (TPSA) is 49.5 Å². The predicted octanol–water partition coefficient (Wildman–Crippen LogP) is 3.31. The number of piperidine rings is 1. The summed E-state index contributed by atoms with van der Waals surface area (Å²) < 4.78 is 18.7. The number of hydrogen-bond donors (Lipinski definition) is 1. The maximum atomic E-state index is 13.2. The Morgan fingerprint density at radius 1 is 1.36 bits per heavy atom. The van der Waals surface area contributed by atoms with Crippen LogP contribution in [0.1, 0.15) is 44.8 Å². The molecule has 0 saturated carbocycles. The van der Waals surface area contributed by atoms with Gasteiger partial charge in [-0.3, -0.25) is 0 Å². The summed E-state index contributed by atoms with van der Waals surface area (Å²) in [5.41, 5.74) is -0.0124. The van der Waals surface area contributed by atoms with Crippen LogP contribution in [0.5, 0.6) is 0 Å². The third-order valence-electron chi connectivity index (χ3n) is 4.47. The number of hydrogen-bond acceptors (Lipinski definition) is 4. The van der Waals surface area contributed by atoms with E-state index in [4.69, 9.17) is 4.52 Å². The molecule has 120 valence electrons. The van der Waals surface area contributed by atoms with Crippen LogP contribution in [0, 0.1) is 5.82 Å². The Kier molecular flexibility index (Phi) is 4.19. The minimum Gasteiger partial charge on any atom is -0.390 e. The van der Waals surface area contributed by atoms with Crippen molar-refractivity contribution in [1.29, 1.82) is 0 Å². The second kappa shape index (κ2) is 5.97. The Hall–Kier alpha value is -1.46. The molecule has 5 heteroatoms. The van der Waals surface area contributed by atoms with E-state index in [1.54, 1.807) is 6.07 Å². The lowest BCUT2D eigenvalue weighted by molar-refractivity contribution is 0.0535. The Bertz CT molecular complexity index is 640. The van der Waals surface area contributed by atoms with E-state index in [-0.39, 0.29) is 5.82 Å². The first-order valence-corrected chi connectivity index (χ1v) is 7.92. The monoisotopic (exact) mass is 306 g/mol. The van der Waals surface area contributed by atoms with Crippen LogP contribution in [0.15, 0.2) is 22.7 Å². The first-order valence-electron chi connectivity index (χ1n) is 7.92. The average molecular weight is 306 g/mol. The van der Waals surface area contributed by atoms with Gasteiger partial charge in [0.2, 0.25) is 0 Å². The van der Waals surface area contributed by atoms with Gasteiger partial charge < -0.3 is 14.5 Å². The summed E-state index contributed by atoms with van der Waals surface area (Å²) in [7, 11) is 0. The number of likely N-dealkylation sites (tertiary alicyclic amines) is 1. The summed E-state index contributed by atoms with van der Waals surface area (Å²) in [6.07, 6.45) is 2.79. The molecule has 22 heavy (non-hydrogen) atoms. The van der Waals surface area contributed by atoms with Crippen LogP contribution in [0.3, 0.4) is 0 Å². The molecule has 0 spiro atoms. The van der Waals surface area contributed by atoms with Crippen LogP contribution < -0.4 is 0 Å². The van der Waals surface area contributed by atoms with E-state index in [2.05, 4.69) is 10.1 Å². The van der Waals surface area contributed by atoms with Crippen LogP contribution in [-0.4, -0.2) is 40.4 Å². The number of aliphatic hydroxyl groups is 1. The molecule has 0 aliphatic carbocycles. The zero-order chi connectivity index (χ0) is 15.7. The van der Waals surface area contributed by atoms with Crippen molar-refractivity contribution in [3.63, 3.8) is 0 Å². The Balaban J connectivity index is 1.63. The minimum absolute atomic E-state index is 0.284. The van der Waals surface area contributed by atoms with Gasteiger partial charge in [0.15, 0.2) is 0 Å². The molecule has 4 nitrogen and oxygen atoms in total. The Labute approximate surface area is 129 Å². The first kappa shape index (κ1) is 15.4. The van der Waals surface area contributed by atoms with Gasteiger partial charge in [-0.2, -0.15) is 0 Å². The average Bonchev–Trinajstić information content (AvgIpc) is 2.88. The Morgan fingerprint density at radius 3 is 2.77 bits per heavy atom. The molecule has 1 saturated heterocycles. The molecule has 3 rings (SSSR count). The number of fused-ring (bicyclic) bond motifs is 1. The van der Waals surface area contributed by atoms with Crippen molar-refractivity contribution in [2.75, 3.05) is 19.6 Å². The SMILES string of the molecule is CC(C)(O)CCN1CCC(c2onc3cc(F)ccc23)CC1. The molecule has 1 N–H and O–H groups in total. The Morgan fingerprint density at radius 2 is 2.09 bits per heavy atom. The summed E-state index contributed by atoms with van der Waals surface area (Å²) in [5.74, 6) is 0.944. The number of aromatic nitrogens is 1. The summed E-state index contributed by atoms with van der Waals surface area (Å²) in [5, 5.41) is 14.7. The molecule has 0 bridgehead atoms. The third kappa shape index (κ3) is 3.47. The van der Waals surface area contributed by atoms with Crippen molar-refractivity contribution in [3.8, 4) is 0 Å². The van der Waals surface area contributed by atoms with E-state index in [1.165, 1.54) is 12.1 Å². The van der Waals surface area contributed by atoms with E-state index in [0.717, 1.165) is 50.0 Å². The molecular formula is C17H23FN2O2. The second-order valence-electron chi connectivity index (χ2n) is 6.89. The minimum atomic E-state index is -0.609.